The first-order valence-corrected chi connectivity index (χ1v) is 8.56. The van der Waals surface area contributed by atoms with Crippen LogP contribution in [0.4, 0.5) is 0 Å². The number of rotatable bonds is 6. The molecule has 0 saturated heterocycles. The summed E-state index contributed by atoms with van der Waals surface area (Å²) < 4.78 is 6.28. The van der Waals surface area contributed by atoms with E-state index in [9.17, 15) is 4.79 Å². The maximum atomic E-state index is 12.2. The van der Waals surface area contributed by atoms with E-state index in [4.69, 9.17) is 16.3 Å². The molecule has 2 aromatic carbocycles. The summed E-state index contributed by atoms with van der Waals surface area (Å²) in [5, 5.41) is 3.64. The summed E-state index contributed by atoms with van der Waals surface area (Å²) in [6.07, 6.45) is 0. The van der Waals surface area contributed by atoms with Crippen molar-refractivity contribution in [2.45, 2.75) is 19.9 Å². The van der Waals surface area contributed by atoms with Crippen LogP contribution < -0.4 is 10.1 Å². The molecule has 0 radical (unpaired) electrons. The molecular formula is C18H19BrClNO2. The third-order valence-electron chi connectivity index (χ3n) is 3.39. The van der Waals surface area contributed by atoms with Gasteiger partial charge in [0, 0.05) is 5.02 Å². The Morgan fingerprint density at radius 1 is 1.22 bits per heavy atom. The van der Waals surface area contributed by atoms with Crippen LogP contribution in [0, 0.1) is 5.92 Å². The fraction of sp³-hybridized carbons (Fsp3) is 0.278. The van der Waals surface area contributed by atoms with Crippen molar-refractivity contribution < 1.29 is 9.53 Å². The predicted molar refractivity (Wildman–Crippen MR) is 96.8 cm³/mol. The van der Waals surface area contributed by atoms with E-state index < -0.39 is 0 Å². The standard InChI is InChI=1S/C18H19BrClNO2/c1-12(2)18(13-6-4-3-5-7-13)21-17(22)11-23-16-9-8-14(20)10-15(16)19/h3-10,12,18H,11H2,1-2H3,(H,21,22). The third kappa shape index (κ3) is 5.26. The molecule has 0 bridgehead atoms. The van der Waals surface area contributed by atoms with Crippen molar-refractivity contribution in [1.29, 1.82) is 0 Å². The molecule has 0 aromatic heterocycles. The van der Waals surface area contributed by atoms with Crippen molar-refractivity contribution >= 4 is 33.4 Å². The molecule has 0 aliphatic heterocycles. The summed E-state index contributed by atoms with van der Waals surface area (Å²) in [7, 11) is 0. The van der Waals surface area contributed by atoms with Crippen LogP contribution in [0.2, 0.25) is 5.02 Å². The van der Waals surface area contributed by atoms with Gasteiger partial charge in [0.05, 0.1) is 10.5 Å². The van der Waals surface area contributed by atoms with Crippen LogP contribution in [0.25, 0.3) is 0 Å². The van der Waals surface area contributed by atoms with Gasteiger partial charge in [0.15, 0.2) is 6.61 Å². The van der Waals surface area contributed by atoms with Gasteiger partial charge in [-0.25, -0.2) is 0 Å². The molecule has 1 N–H and O–H groups in total. The van der Waals surface area contributed by atoms with Crippen LogP contribution in [0.5, 0.6) is 5.75 Å². The quantitative estimate of drug-likeness (QED) is 0.746. The second kappa shape index (κ2) is 8.37. The molecule has 2 rings (SSSR count). The number of nitrogens with one attached hydrogen (secondary N) is 1. The third-order valence-corrected chi connectivity index (χ3v) is 4.25. The Labute approximate surface area is 150 Å². The summed E-state index contributed by atoms with van der Waals surface area (Å²) >= 11 is 9.25. The topological polar surface area (TPSA) is 38.3 Å². The molecule has 0 heterocycles. The number of carbonyl (C=O) groups excluding carboxylic acids is 1. The maximum absolute atomic E-state index is 12.2. The molecule has 23 heavy (non-hydrogen) atoms. The summed E-state index contributed by atoms with van der Waals surface area (Å²) in [6, 6.07) is 15.1. The highest BCUT2D eigenvalue weighted by molar-refractivity contribution is 9.10. The zero-order chi connectivity index (χ0) is 16.8. The molecule has 122 valence electrons. The lowest BCUT2D eigenvalue weighted by molar-refractivity contribution is -0.124. The summed E-state index contributed by atoms with van der Waals surface area (Å²) in [6.45, 7) is 4.11. The van der Waals surface area contributed by atoms with E-state index in [0.29, 0.717) is 10.8 Å². The Hall–Kier alpha value is -1.52. The number of halogens is 2. The molecule has 0 saturated carbocycles. The Balaban J connectivity index is 1.97. The van der Waals surface area contributed by atoms with Crippen molar-refractivity contribution in [3.63, 3.8) is 0 Å². The SMILES string of the molecule is CC(C)C(NC(=O)COc1ccc(Cl)cc1Br)c1ccccc1. The Kier molecular flexibility index (Phi) is 6.48. The minimum absolute atomic E-state index is 0.0408. The number of hydrogen-bond acceptors (Lipinski definition) is 2. The highest BCUT2D eigenvalue weighted by Gasteiger charge is 2.18. The summed E-state index contributed by atoms with van der Waals surface area (Å²) in [5.74, 6) is 0.711. The van der Waals surface area contributed by atoms with Gasteiger partial charge in [0.2, 0.25) is 0 Å². The first kappa shape index (κ1) is 17.8. The number of hydrogen-bond donors (Lipinski definition) is 1. The fourth-order valence-electron chi connectivity index (χ4n) is 2.25. The van der Waals surface area contributed by atoms with Gasteiger partial charge >= 0.3 is 0 Å². The van der Waals surface area contributed by atoms with Crippen molar-refractivity contribution in [2.75, 3.05) is 6.61 Å². The van der Waals surface area contributed by atoms with Crippen LogP contribution in [0.15, 0.2) is 53.0 Å². The first-order chi connectivity index (χ1) is 11.0. The van der Waals surface area contributed by atoms with Crippen LogP contribution in [0.1, 0.15) is 25.5 Å². The number of carbonyl (C=O) groups is 1. The van der Waals surface area contributed by atoms with E-state index >= 15 is 0 Å². The van der Waals surface area contributed by atoms with Gasteiger partial charge in [0.25, 0.3) is 5.91 Å². The normalized spacial score (nSPS) is 12.0. The molecule has 0 fully saturated rings. The van der Waals surface area contributed by atoms with Gasteiger partial charge in [-0.1, -0.05) is 55.8 Å². The average molecular weight is 397 g/mol. The molecule has 0 spiro atoms. The van der Waals surface area contributed by atoms with Crippen LogP contribution in [0.3, 0.4) is 0 Å². The maximum Gasteiger partial charge on any atom is 0.258 e. The van der Waals surface area contributed by atoms with Crippen molar-refractivity contribution in [1.82, 2.24) is 5.32 Å². The minimum atomic E-state index is -0.158. The average Bonchev–Trinajstić information content (AvgIpc) is 2.52. The van der Waals surface area contributed by atoms with Gasteiger partial charge in [-0.3, -0.25) is 4.79 Å². The largest absolute Gasteiger partial charge is 0.483 e. The summed E-state index contributed by atoms with van der Waals surface area (Å²) in [4.78, 5) is 12.2. The molecule has 1 amide bonds. The van der Waals surface area contributed by atoms with Gasteiger partial charge in [-0.2, -0.15) is 0 Å². The fourth-order valence-corrected chi connectivity index (χ4v) is 3.04. The van der Waals surface area contributed by atoms with E-state index in [0.717, 1.165) is 10.0 Å². The lowest BCUT2D eigenvalue weighted by Crippen LogP contribution is -2.35. The highest BCUT2D eigenvalue weighted by atomic mass is 79.9. The van der Waals surface area contributed by atoms with Crippen LogP contribution in [-0.2, 0) is 4.79 Å². The monoisotopic (exact) mass is 395 g/mol. The first-order valence-electron chi connectivity index (χ1n) is 7.39. The minimum Gasteiger partial charge on any atom is -0.483 e. The van der Waals surface area contributed by atoms with Crippen LogP contribution in [-0.4, -0.2) is 12.5 Å². The zero-order valence-corrected chi connectivity index (χ0v) is 15.4. The Morgan fingerprint density at radius 3 is 2.52 bits per heavy atom. The van der Waals surface area contributed by atoms with Crippen molar-refractivity contribution in [3.05, 3.63) is 63.6 Å². The van der Waals surface area contributed by atoms with Crippen molar-refractivity contribution in [2.24, 2.45) is 5.92 Å². The lowest BCUT2D eigenvalue weighted by atomic mass is 9.96. The van der Waals surface area contributed by atoms with Crippen LogP contribution >= 0.6 is 27.5 Å². The molecule has 1 unspecified atom stereocenters. The zero-order valence-electron chi connectivity index (χ0n) is 13.1. The second-order valence-electron chi connectivity index (χ2n) is 5.56. The van der Waals surface area contributed by atoms with E-state index in [2.05, 4.69) is 35.1 Å². The van der Waals surface area contributed by atoms with Gasteiger partial charge < -0.3 is 10.1 Å². The van der Waals surface area contributed by atoms with E-state index in [1.807, 2.05) is 30.3 Å². The molecule has 0 aliphatic rings. The number of benzene rings is 2. The second-order valence-corrected chi connectivity index (χ2v) is 6.85. The van der Waals surface area contributed by atoms with Gasteiger partial charge in [-0.05, 0) is 45.6 Å². The van der Waals surface area contributed by atoms with E-state index in [1.54, 1.807) is 18.2 Å². The molecule has 2 aromatic rings. The molecular weight excluding hydrogens is 378 g/mol. The van der Waals surface area contributed by atoms with E-state index in [-0.39, 0.29) is 24.5 Å². The number of amides is 1. The lowest BCUT2D eigenvalue weighted by Gasteiger charge is -2.23. The smallest absolute Gasteiger partial charge is 0.258 e. The molecule has 3 nitrogen and oxygen atoms in total. The number of ether oxygens (including phenoxy) is 1. The van der Waals surface area contributed by atoms with Gasteiger partial charge in [0.1, 0.15) is 5.75 Å². The van der Waals surface area contributed by atoms with Gasteiger partial charge in [-0.15, -0.1) is 0 Å². The Bertz CT molecular complexity index is 661. The molecule has 0 aliphatic carbocycles. The Morgan fingerprint density at radius 2 is 1.91 bits per heavy atom. The predicted octanol–water partition coefficient (Wildman–Crippen LogP) is 4.99. The van der Waals surface area contributed by atoms with E-state index in [1.165, 1.54) is 0 Å². The summed E-state index contributed by atoms with van der Waals surface area (Å²) in [5.41, 5.74) is 1.09. The molecule has 5 heteroatoms. The highest BCUT2D eigenvalue weighted by Crippen LogP contribution is 2.28. The molecule has 1 atom stereocenters. The van der Waals surface area contributed by atoms with Crippen molar-refractivity contribution in [3.8, 4) is 5.75 Å².